The molecule has 1 aliphatic heterocycles. The molecule has 1 N–H and O–H groups in total. The molecule has 0 radical (unpaired) electrons. The first kappa shape index (κ1) is 12.8. The van der Waals surface area contributed by atoms with E-state index in [1.807, 2.05) is 0 Å². The van der Waals surface area contributed by atoms with Gasteiger partial charge in [-0.15, -0.1) is 0 Å². The highest BCUT2D eigenvalue weighted by Crippen LogP contribution is 2.27. The Morgan fingerprint density at radius 3 is 3.12 bits per heavy atom. The van der Waals surface area contributed by atoms with Gasteiger partial charge in [0.2, 0.25) is 0 Å². The molecule has 5 heteroatoms. The number of ether oxygens (including phenoxy) is 1. The van der Waals surface area contributed by atoms with E-state index in [-0.39, 0.29) is 0 Å². The molecule has 0 saturated carbocycles. The minimum atomic E-state index is -0.423. The number of anilines is 1. The molecule has 96 valence electrons. The summed E-state index contributed by atoms with van der Waals surface area (Å²) in [5, 5.41) is 10.5. The third-order valence-corrected chi connectivity index (χ3v) is 4.32. The quantitative estimate of drug-likeness (QED) is 0.895. The Hall–Kier alpha value is -0.650. The Bertz CT molecular complexity index is 348. The van der Waals surface area contributed by atoms with Gasteiger partial charge in [-0.1, -0.05) is 11.3 Å². The van der Waals surface area contributed by atoms with E-state index in [0.29, 0.717) is 5.92 Å². The summed E-state index contributed by atoms with van der Waals surface area (Å²) in [7, 11) is 2.05. The van der Waals surface area contributed by atoms with Crippen LogP contribution >= 0.6 is 11.3 Å². The normalized spacial score (nSPS) is 22.4. The fourth-order valence-electron chi connectivity index (χ4n) is 2.06. The predicted molar refractivity (Wildman–Crippen MR) is 69.6 cm³/mol. The van der Waals surface area contributed by atoms with Crippen LogP contribution in [0.3, 0.4) is 0 Å². The number of aliphatic hydroxyl groups excluding tert-OH is 1. The van der Waals surface area contributed by atoms with Crippen LogP contribution in [0.25, 0.3) is 0 Å². The zero-order valence-electron chi connectivity index (χ0n) is 10.4. The Balaban J connectivity index is 1.91. The smallest absolute Gasteiger partial charge is 0.185 e. The molecule has 1 aromatic heterocycles. The van der Waals surface area contributed by atoms with Gasteiger partial charge < -0.3 is 14.7 Å². The van der Waals surface area contributed by atoms with Gasteiger partial charge in [0, 0.05) is 26.4 Å². The standard InChI is InChI=1S/C12H20N2O2S/c1-9(15)11-6-13-12(17-11)14(2)7-10-4-3-5-16-8-10/h6,9-10,15H,3-5,7-8H2,1-2H3. The van der Waals surface area contributed by atoms with Gasteiger partial charge >= 0.3 is 0 Å². The van der Waals surface area contributed by atoms with E-state index in [2.05, 4.69) is 16.9 Å². The van der Waals surface area contributed by atoms with Crippen LogP contribution in [0, 0.1) is 5.92 Å². The first-order valence-corrected chi connectivity index (χ1v) is 6.91. The molecule has 1 aromatic rings. The Morgan fingerprint density at radius 1 is 1.71 bits per heavy atom. The summed E-state index contributed by atoms with van der Waals surface area (Å²) in [5.41, 5.74) is 0. The van der Waals surface area contributed by atoms with E-state index in [1.165, 1.54) is 6.42 Å². The van der Waals surface area contributed by atoms with Crippen LogP contribution in [0.5, 0.6) is 0 Å². The Kier molecular flexibility index (Phi) is 4.36. The van der Waals surface area contributed by atoms with Crippen molar-refractivity contribution in [3.8, 4) is 0 Å². The molecule has 2 atom stereocenters. The van der Waals surface area contributed by atoms with Crippen LogP contribution in [0.15, 0.2) is 6.20 Å². The van der Waals surface area contributed by atoms with E-state index < -0.39 is 6.10 Å². The molecule has 0 spiro atoms. The summed E-state index contributed by atoms with van der Waals surface area (Å²) in [6.45, 7) is 4.52. The molecule has 0 aromatic carbocycles. The lowest BCUT2D eigenvalue weighted by molar-refractivity contribution is 0.0576. The number of aliphatic hydroxyl groups is 1. The third kappa shape index (κ3) is 3.40. The SMILES string of the molecule is CC(O)c1cnc(N(C)CC2CCCOC2)s1. The highest BCUT2D eigenvalue weighted by molar-refractivity contribution is 7.15. The van der Waals surface area contributed by atoms with Crippen LogP contribution in [0.4, 0.5) is 5.13 Å². The second kappa shape index (κ2) is 5.80. The van der Waals surface area contributed by atoms with Crippen molar-refractivity contribution in [3.63, 3.8) is 0 Å². The van der Waals surface area contributed by atoms with Crippen LogP contribution in [0.1, 0.15) is 30.7 Å². The zero-order valence-corrected chi connectivity index (χ0v) is 11.2. The summed E-state index contributed by atoms with van der Waals surface area (Å²) < 4.78 is 5.48. The minimum absolute atomic E-state index is 0.423. The van der Waals surface area contributed by atoms with Gasteiger partial charge in [-0.2, -0.15) is 0 Å². The highest BCUT2D eigenvalue weighted by Gasteiger charge is 2.18. The summed E-state index contributed by atoms with van der Waals surface area (Å²) >= 11 is 1.56. The zero-order chi connectivity index (χ0) is 12.3. The lowest BCUT2D eigenvalue weighted by atomic mass is 10.0. The number of nitrogens with zero attached hydrogens (tertiary/aromatic N) is 2. The number of rotatable bonds is 4. The summed E-state index contributed by atoms with van der Waals surface area (Å²) in [6, 6.07) is 0. The van der Waals surface area contributed by atoms with E-state index in [1.54, 1.807) is 24.5 Å². The summed E-state index contributed by atoms with van der Waals surface area (Å²) in [5.74, 6) is 0.604. The van der Waals surface area contributed by atoms with Crippen molar-refractivity contribution in [2.75, 3.05) is 31.7 Å². The molecule has 0 aliphatic carbocycles. The minimum Gasteiger partial charge on any atom is -0.388 e. The van der Waals surface area contributed by atoms with Crippen molar-refractivity contribution in [3.05, 3.63) is 11.1 Å². The van der Waals surface area contributed by atoms with Crippen molar-refractivity contribution >= 4 is 16.5 Å². The molecule has 2 heterocycles. The molecule has 1 aliphatic rings. The predicted octanol–water partition coefficient (Wildman–Crippen LogP) is 2.06. The molecule has 1 saturated heterocycles. The molecule has 4 nitrogen and oxygen atoms in total. The number of aromatic nitrogens is 1. The first-order chi connectivity index (χ1) is 8.16. The van der Waals surface area contributed by atoms with Gasteiger partial charge in [0.15, 0.2) is 5.13 Å². The molecular formula is C12H20N2O2S. The molecule has 0 amide bonds. The van der Waals surface area contributed by atoms with Crippen LogP contribution in [-0.2, 0) is 4.74 Å². The van der Waals surface area contributed by atoms with E-state index >= 15 is 0 Å². The first-order valence-electron chi connectivity index (χ1n) is 6.09. The number of thiazole rings is 1. The second-order valence-electron chi connectivity index (χ2n) is 4.68. The second-order valence-corrected chi connectivity index (χ2v) is 5.73. The fraction of sp³-hybridized carbons (Fsp3) is 0.750. The Labute approximate surface area is 106 Å². The lowest BCUT2D eigenvalue weighted by Gasteiger charge is -2.26. The van der Waals surface area contributed by atoms with Gasteiger partial charge in [-0.05, 0) is 25.7 Å². The maximum Gasteiger partial charge on any atom is 0.185 e. The van der Waals surface area contributed by atoms with Gasteiger partial charge in [0.1, 0.15) is 0 Å². The van der Waals surface area contributed by atoms with Crippen molar-refractivity contribution in [1.82, 2.24) is 4.98 Å². The van der Waals surface area contributed by atoms with Crippen molar-refractivity contribution in [1.29, 1.82) is 0 Å². The van der Waals surface area contributed by atoms with Crippen molar-refractivity contribution < 1.29 is 9.84 Å². The van der Waals surface area contributed by atoms with E-state index in [0.717, 1.165) is 36.2 Å². The maximum atomic E-state index is 9.47. The van der Waals surface area contributed by atoms with Gasteiger partial charge in [-0.25, -0.2) is 4.98 Å². The molecule has 17 heavy (non-hydrogen) atoms. The molecule has 2 unspecified atom stereocenters. The van der Waals surface area contributed by atoms with Crippen LogP contribution < -0.4 is 4.90 Å². The molecule has 1 fully saturated rings. The third-order valence-electron chi connectivity index (χ3n) is 3.04. The average molecular weight is 256 g/mol. The summed E-state index contributed by atoms with van der Waals surface area (Å²) in [6.07, 6.45) is 3.74. The molecular weight excluding hydrogens is 236 g/mol. The molecule has 2 rings (SSSR count). The van der Waals surface area contributed by atoms with E-state index in [4.69, 9.17) is 4.74 Å². The number of hydrogen-bond donors (Lipinski definition) is 1. The van der Waals surface area contributed by atoms with Crippen molar-refractivity contribution in [2.45, 2.75) is 25.9 Å². The molecule has 0 bridgehead atoms. The van der Waals surface area contributed by atoms with Crippen molar-refractivity contribution in [2.24, 2.45) is 5.92 Å². The van der Waals surface area contributed by atoms with Gasteiger partial charge in [0.05, 0.1) is 17.6 Å². The van der Waals surface area contributed by atoms with E-state index in [9.17, 15) is 5.11 Å². The highest BCUT2D eigenvalue weighted by atomic mass is 32.1. The average Bonchev–Trinajstić information content (AvgIpc) is 2.79. The summed E-state index contributed by atoms with van der Waals surface area (Å²) in [4.78, 5) is 7.43. The monoisotopic (exact) mass is 256 g/mol. The lowest BCUT2D eigenvalue weighted by Crippen LogP contribution is -2.30. The maximum absolute atomic E-state index is 9.47. The number of hydrogen-bond acceptors (Lipinski definition) is 5. The van der Waals surface area contributed by atoms with Crippen LogP contribution in [-0.4, -0.2) is 36.9 Å². The van der Waals surface area contributed by atoms with Crippen LogP contribution in [0.2, 0.25) is 0 Å². The van der Waals surface area contributed by atoms with Gasteiger partial charge in [-0.3, -0.25) is 0 Å². The Morgan fingerprint density at radius 2 is 2.53 bits per heavy atom. The van der Waals surface area contributed by atoms with Gasteiger partial charge in [0.25, 0.3) is 0 Å². The fourth-order valence-corrected chi connectivity index (χ4v) is 2.89. The largest absolute Gasteiger partial charge is 0.388 e. The topological polar surface area (TPSA) is 45.6 Å².